The Hall–Kier alpha value is -4.08. The van der Waals surface area contributed by atoms with E-state index >= 15 is 0 Å². The second-order valence-corrected chi connectivity index (χ2v) is 7.09. The van der Waals surface area contributed by atoms with Crippen LogP contribution in [-0.4, -0.2) is 21.8 Å². The van der Waals surface area contributed by atoms with Crippen molar-refractivity contribution in [1.82, 2.24) is 9.97 Å². The molecule has 10 heteroatoms. The highest BCUT2D eigenvalue weighted by atomic mass is 19.2. The monoisotopic (exact) mass is 425 g/mol. The maximum absolute atomic E-state index is 13.4. The number of H-pyrrole nitrogens is 1. The number of carbonyl (C=O) groups excluding carboxylic acids is 2. The number of carbonyl (C=O) groups is 2. The van der Waals surface area contributed by atoms with E-state index in [1.54, 1.807) is 12.1 Å². The van der Waals surface area contributed by atoms with Crippen LogP contribution in [0.5, 0.6) is 0 Å². The topological polar surface area (TPSA) is 116 Å². The number of hydrogen-bond acceptors (Lipinski definition) is 5. The molecule has 1 unspecified atom stereocenters. The Morgan fingerprint density at radius 1 is 1.06 bits per heavy atom. The van der Waals surface area contributed by atoms with E-state index in [4.69, 9.17) is 0 Å². The molecule has 158 valence electrons. The van der Waals surface area contributed by atoms with Gasteiger partial charge in [-0.25, -0.2) is 8.78 Å². The van der Waals surface area contributed by atoms with Crippen LogP contribution in [0.2, 0.25) is 0 Å². The third-order valence-corrected chi connectivity index (χ3v) is 4.77. The van der Waals surface area contributed by atoms with E-state index < -0.39 is 34.9 Å². The third kappa shape index (κ3) is 4.27. The molecule has 0 spiro atoms. The fourth-order valence-electron chi connectivity index (χ4n) is 3.23. The zero-order valence-corrected chi connectivity index (χ0v) is 16.3. The van der Waals surface area contributed by atoms with Gasteiger partial charge in [0.15, 0.2) is 11.6 Å². The molecule has 0 saturated heterocycles. The van der Waals surface area contributed by atoms with Gasteiger partial charge in [0, 0.05) is 23.9 Å². The lowest BCUT2D eigenvalue weighted by Crippen LogP contribution is -2.36. The first-order valence-corrected chi connectivity index (χ1v) is 9.34. The fraction of sp³-hybridized carbons (Fsp3) is 0.143. The zero-order valence-electron chi connectivity index (χ0n) is 16.3. The molecule has 0 fully saturated rings. The summed E-state index contributed by atoms with van der Waals surface area (Å²) in [7, 11) is 0. The van der Waals surface area contributed by atoms with Gasteiger partial charge in [-0.05, 0) is 31.2 Å². The van der Waals surface area contributed by atoms with Crippen molar-refractivity contribution in [2.24, 2.45) is 0 Å². The van der Waals surface area contributed by atoms with Gasteiger partial charge in [0.25, 0.3) is 5.56 Å². The first kappa shape index (κ1) is 20.2. The van der Waals surface area contributed by atoms with Gasteiger partial charge in [-0.2, -0.15) is 4.98 Å². The molecule has 0 saturated carbocycles. The van der Waals surface area contributed by atoms with Crippen LogP contribution in [0.15, 0.2) is 47.3 Å². The maximum Gasteiger partial charge on any atom is 0.258 e. The highest BCUT2D eigenvalue weighted by Gasteiger charge is 2.34. The molecule has 1 aromatic heterocycles. The number of fused-ring (bicyclic) bond motifs is 1. The zero-order chi connectivity index (χ0) is 22.1. The number of anilines is 4. The normalized spacial score (nSPS) is 15.1. The molecule has 1 aliphatic heterocycles. The number of benzene rings is 2. The summed E-state index contributed by atoms with van der Waals surface area (Å²) in [6, 6.07) is 10.2. The number of nitrogens with zero attached hydrogens (tertiary/aromatic N) is 1. The highest BCUT2D eigenvalue weighted by molar-refractivity contribution is 6.04. The molecule has 8 nitrogen and oxygen atoms in total. The Morgan fingerprint density at radius 2 is 1.77 bits per heavy atom. The molecule has 2 amide bonds. The Bertz CT molecular complexity index is 1240. The van der Waals surface area contributed by atoms with Crippen molar-refractivity contribution in [3.8, 4) is 0 Å². The Kier molecular flexibility index (Phi) is 5.20. The minimum absolute atomic E-state index is 0.00141. The summed E-state index contributed by atoms with van der Waals surface area (Å²) in [5, 5.41) is 7.84. The first-order chi connectivity index (χ1) is 14.8. The molecule has 1 aliphatic rings. The highest BCUT2D eigenvalue weighted by Crippen LogP contribution is 2.30. The third-order valence-electron chi connectivity index (χ3n) is 4.77. The van der Waals surface area contributed by atoms with E-state index in [1.165, 1.54) is 6.07 Å². The lowest BCUT2D eigenvalue weighted by Gasteiger charge is -2.23. The number of aromatic nitrogens is 2. The quantitative estimate of drug-likeness (QED) is 0.513. The van der Waals surface area contributed by atoms with Gasteiger partial charge < -0.3 is 16.0 Å². The van der Waals surface area contributed by atoms with Crippen molar-refractivity contribution in [3.63, 3.8) is 0 Å². The molecule has 2 heterocycles. The van der Waals surface area contributed by atoms with Crippen molar-refractivity contribution >= 4 is 35.0 Å². The molecule has 0 aliphatic carbocycles. The molecule has 0 bridgehead atoms. The van der Waals surface area contributed by atoms with Gasteiger partial charge >= 0.3 is 0 Å². The molecule has 4 N–H and O–H groups in total. The number of aryl methyl sites for hydroxylation is 1. The molecule has 2 aromatic carbocycles. The average Bonchev–Trinajstić information content (AvgIpc) is 2.71. The molecule has 4 rings (SSSR count). The largest absolute Gasteiger partial charge is 0.326 e. The van der Waals surface area contributed by atoms with E-state index in [0.29, 0.717) is 5.69 Å². The summed E-state index contributed by atoms with van der Waals surface area (Å²) >= 11 is 0. The number of nitrogens with one attached hydrogen (secondary N) is 4. The van der Waals surface area contributed by atoms with Crippen LogP contribution >= 0.6 is 0 Å². The van der Waals surface area contributed by atoms with E-state index in [0.717, 1.165) is 17.7 Å². The van der Waals surface area contributed by atoms with Crippen LogP contribution in [0, 0.1) is 18.6 Å². The van der Waals surface area contributed by atoms with Crippen molar-refractivity contribution < 1.29 is 18.4 Å². The summed E-state index contributed by atoms with van der Waals surface area (Å²) in [6.07, 6.45) is -0.294. The van der Waals surface area contributed by atoms with Crippen molar-refractivity contribution in [1.29, 1.82) is 0 Å². The van der Waals surface area contributed by atoms with E-state index in [2.05, 4.69) is 25.9 Å². The van der Waals surface area contributed by atoms with Gasteiger partial charge in [0.05, 0.1) is 11.5 Å². The molecule has 3 aromatic rings. The standard InChI is InChI=1S/C21H17F2N5O3/c1-10-2-4-11(5-3-10)25-21-27-18-17(20(31)28-21)13(9-16(29)26-18)19(30)24-12-6-7-14(22)15(23)8-12/h2-8,13H,9H2,1H3,(H,24,30)(H3,25,26,27,28,29,31). The molecule has 1 atom stereocenters. The van der Waals surface area contributed by atoms with Crippen LogP contribution in [0.25, 0.3) is 0 Å². The molecular weight excluding hydrogens is 408 g/mol. The number of aromatic amines is 1. The first-order valence-electron chi connectivity index (χ1n) is 9.34. The van der Waals surface area contributed by atoms with E-state index in [9.17, 15) is 23.2 Å². The SMILES string of the molecule is Cc1ccc(Nc2nc3c(c(=O)[nH]2)C(C(=O)Nc2ccc(F)c(F)c2)CC(=O)N3)cc1. The predicted octanol–water partition coefficient (Wildman–Crippen LogP) is 3.16. The second-order valence-electron chi connectivity index (χ2n) is 7.09. The van der Waals surface area contributed by atoms with Gasteiger partial charge in [-0.3, -0.25) is 19.4 Å². The lowest BCUT2D eigenvalue weighted by atomic mass is 9.92. The van der Waals surface area contributed by atoms with E-state index in [1.807, 2.05) is 19.1 Å². The Morgan fingerprint density at radius 3 is 2.48 bits per heavy atom. The van der Waals surface area contributed by atoms with Crippen LogP contribution in [-0.2, 0) is 9.59 Å². The lowest BCUT2D eigenvalue weighted by molar-refractivity contribution is -0.123. The van der Waals surface area contributed by atoms with Gasteiger partial charge in [-0.15, -0.1) is 0 Å². The van der Waals surface area contributed by atoms with Gasteiger partial charge in [-0.1, -0.05) is 17.7 Å². The fourth-order valence-corrected chi connectivity index (χ4v) is 3.23. The smallest absolute Gasteiger partial charge is 0.258 e. The summed E-state index contributed by atoms with van der Waals surface area (Å²) in [4.78, 5) is 44.4. The van der Waals surface area contributed by atoms with E-state index in [-0.39, 0.29) is 29.4 Å². The van der Waals surface area contributed by atoms with Crippen LogP contribution in [0.4, 0.5) is 31.9 Å². The number of hydrogen-bond donors (Lipinski definition) is 4. The molecule has 31 heavy (non-hydrogen) atoms. The second kappa shape index (κ2) is 7.98. The Balaban J connectivity index is 1.63. The number of rotatable bonds is 4. The van der Waals surface area contributed by atoms with Gasteiger partial charge in [0.2, 0.25) is 17.8 Å². The van der Waals surface area contributed by atoms with Crippen LogP contribution in [0.3, 0.4) is 0 Å². The summed E-state index contributed by atoms with van der Waals surface area (Å²) in [5.74, 6) is -4.51. The maximum atomic E-state index is 13.4. The minimum atomic E-state index is -1.15. The number of amides is 2. The molecule has 0 radical (unpaired) electrons. The van der Waals surface area contributed by atoms with Crippen LogP contribution in [0.1, 0.15) is 23.5 Å². The van der Waals surface area contributed by atoms with Crippen molar-refractivity contribution in [2.75, 3.05) is 16.0 Å². The van der Waals surface area contributed by atoms with Crippen molar-refractivity contribution in [2.45, 2.75) is 19.3 Å². The molecular formula is C21H17F2N5O3. The summed E-state index contributed by atoms with van der Waals surface area (Å²) in [5.41, 5.74) is 1.10. The predicted molar refractivity (Wildman–Crippen MR) is 110 cm³/mol. The minimum Gasteiger partial charge on any atom is -0.326 e. The number of halogens is 2. The summed E-state index contributed by atoms with van der Waals surface area (Å²) < 4.78 is 26.5. The van der Waals surface area contributed by atoms with Crippen molar-refractivity contribution in [3.05, 3.63) is 75.6 Å². The summed E-state index contributed by atoms with van der Waals surface area (Å²) in [6.45, 7) is 1.93. The Labute approximate surface area is 174 Å². The van der Waals surface area contributed by atoms with Gasteiger partial charge in [0.1, 0.15) is 5.82 Å². The van der Waals surface area contributed by atoms with Crippen LogP contribution < -0.4 is 21.5 Å². The average molecular weight is 425 g/mol.